The third kappa shape index (κ3) is 4.55. The number of carbonyl (C=O) groups is 2. The number of benzene rings is 1. The molecule has 0 radical (unpaired) electrons. The number of nitrogens with zero attached hydrogens (tertiary/aromatic N) is 3. The Kier molecular flexibility index (Phi) is 5.88. The molecule has 29 heavy (non-hydrogen) atoms. The Morgan fingerprint density at radius 2 is 1.86 bits per heavy atom. The summed E-state index contributed by atoms with van der Waals surface area (Å²) in [6, 6.07) is 4.50. The van der Waals surface area contributed by atoms with Crippen molar-refractivity contribution in [2.45, 2.75) is 46.3 Å². The molecule has 0 aliphatic carbocycles. The highest BCUT2D eigenvalue weighted by molar-refractivity contribution is 7.91. The molecule has 8 nitrogen and oxygen atoms in total. The summed E-state index contributed by atoms with van der Waals surface area (Å²) in [7, 11) is -3.12. The van der Waals surface area contributed by atoms with Crippen LogP contribution in [0.15, 0.2) is 18.2 Å². The Hall–Kier alpha value is -2.55. The number of sulfone groups is 1. The molecule has 0 saturated carbocycles. The van der Waals surface area contributed by atoms with Gasteiger partial charge in [0.25, 0.3) is 5.91 Å². The van der Waals surface area contributed by atoms with Crippen molar-refractivity contribution in [3.8, 4) is 0 Å². The standard InChI is InChI=1S/C20H25N3O5S/c1-5-23(16-8-9-29(26,27)11-16)19(24)14(4)28-20(25)15-6-7-17-18(10-15)22-13(3)12(2)21-17/h6-7,10,14,16H,5,8-9,11H2,1-4H3/t14-,16-/m0/s1. The van der Waals surface area contributed by atoms with E-state index < -0.39 is 27.8 Å². The van der Waals surface area contributed by atoms with E-state index in [2.05, 4.69) is 9.97 Å². The summed E-state index contributed by atoms with van der Waals surface area (Å²) in [6.45, 7) is 7.35. The summed E-state index contributed by atoms with van der Waals surface area (Å²) < 4.78 is 28.8. The van der Waals surface area contributed by atoms with Crippen LogP contribution in [0.1, 0.15) is 42.0 Å². The average molecular weight is 420 g/mol. The van der Waals surface area contributed by atoms with Gasteiger partial charge in [-0.1, -0.05) is 0 Å². The van der Waals surface area contributed by atoms with Crippen molar-refractivity contribution in [1.29, 1.82) is 0 Å². The molecule has 2 atom stereocenters. The van der Waals surface area contributed by atoms with Gasteiger partial charge in [-0.25, -0.2) is 23.2 Å². The number of likely N-dealkylation sites (N-methyl/N-ethyl adjacent to an activating group) is 1. The van der Waals surface area contributed by atoms with Crippen LogP contribution in [-0.2, 0) is 19.4 Å². The molecule has 156 valence electrons. The average Bonchev–Trinajstić information content (AvgIpc) is 3.02. The van der Waals surface area contributed by atoms with Crippen LogP contribution in [0.3, 0.4) is 0 Å². The maximum absolute atomic E-state index is 12.8. The van der Waals surface area contributed by atoms with Gasteiger partial charge in [-0.2, -0.15) is 0 Å². The highest BCUT2D eigenvalue weighted by Crippen LogP contribution is 2.20. The third-order valence-electron chi connectivity index (χ3n) is 5.22. The van der Waals surface area contributed by atoms with Crippen LogP contribution in [0.2, 0.25) is 0 Å². The molecule has 1 saturated heterocycles. The van der Waals surface area contributed by atoms with Gasteiger partial charge >= 0.3 is 5.97 Å². The lowest BCUT2D eigenvalue weighted by molar-refractivity contribution is -0.141. The zero-order valence-corrected chi connectivity index (χ0v) is 17.8. The Morgan fingerprint density at radius 3 is 2.45 bits per heavy atom. The van der Waals surface area contributed by atoms with Gasteiger partial charge in [0, 0.05) is 12.6 Å². The number of carbonyl (C=O) groups excluding carboxylic acids is 2. The van der Waals surface area contributed by atoms with Gasteiger partial charge in [-0.15, -0.1) is 0 Å². The quantitative estimate of drug-likeness (QED) is 0.681. The summed E-state index contributed by atoms with van der Waals surface area (Å²) in [5.41, 5.74) is 3.12. The van der Waals surface area contributed by atoms with Crippen molar-refractivity contribution in [3.05, 3.63) is 35.2 Å². The Bertz CT molecular complexity index is 1070. The minimum atomic E-state index is -3.12. The molecule has 1 aliphatic heterocycles. The summed E-state index contributed by atoms with van der Waals surface area (Å²) in [5, 5.41) is 0. The van der Waals surface area contributed by atoms with Crippen molar-refractivity contribution in [2.24, 2.45) is 0 Å². The van der Waals surface area contributed by atoms with Crippen molar-refractivity contribution in [1.82, 2.24) is 14.9 Å². The third-order valence-corrected chi connectivity index (χ3v) is 6.97. The number of amides is 1. The first-order valence-corrected chi connectivity index (χ1v) is 11.4. The van der Waals surface area contributed by atoms with Crippen LogP contribution in [-0.4, -0.2) is 65.4 Å². The second-order valence-corrected chi connectivity index (χ2v) is 9.56. The zero-order chi connectivity index (χ0) is 21.3. The SMILES string of the molecule is CCN(C(=O)[C@H](C)OC(=O)c1ccc2nc(C)c(C)nc2c1)[C@H]1CCS(=O)(=O)C1. The van der Waals surface area contributed by atoms with Gasteiger partial charge in [0.15, 0.2) is 15.9 Å². The normalized spacial score (nSPS) is 19.1. The Labute approximate surface area is 170 Å². The first kappa shape index (κ1) is 21.2. The Balaban J connectivity index is 1.73. The number of hydrogen-bond acceptors (Lipinski definition) is 7. The van der Waals surface area contributed by atoms with E-state index in [0.717, 1.165) is 11.4 Å². The molecule has 9 heteroatoms. The minimum Gasteiger partial charge on any atom is -0.449 e. The highest BCUT2D eigenvalue weighted by atomic mass is 32.2. The van der Waals surface area contributed by atoms with Gasteiger partial charge in [-0.05, 0) is 52.3 Å². The van der Waals surface area contributed by atoms with Crippen molar-refractivity contribution in [2.75, 3.05) is 18.1 Å². The van der Waals surface area contributed by atoms with E-state index in [4.69, 9.17) is 4.74 Å². The molecular formula is C20H25N3O5S. The van der Waals surface area contributed by atoms with Crippen molar-refractivity contribution >= 4 is 32.7 Å². The fourth-order valence-electron chi connectivity index (χ4n) is 3.49. The molecule has 1 aromatic carbocycles. The van der Waals surface area contributed by atoms with Gasteiger partial charge in [-0.3, -0.25) is 4.79 Å². The first-order chi connectivity index (χ1) is 13.6. The predicted molar refractivity (Wildman–Crippen MR) is 108 cm³/mol. The molecule has 0 N–H and O–H groups in total. The molecule has 0 spiro atoms. The maximum atomic E-state index is 12.8. The maximum Gasteiger partial charge on any atom is 0.338 e. The smallest absolute Gasteiger partial charge is 0.338 e. The molecule has 0 unspecified atom stereocenters. The number of aromatic nitrogens is 2. The molecule has 2 heterocycles. The van der Waals surface area contributed by atoms with Crippen LogP contribution in [0, 0.1) is 13.8 Å². The van der Waals surface area contributed by atoms with Crippen LogP contribution in [0.25, 0.3) is 11.0 Å². The first-order valence-electron chi connectivity index (χ1n) is 9.58. The topological polar surface area (TPSA) is 107 Å². The summed E-state index contributed by atoms with van der Waals surface area (Å²) in [4.78, 5) is 35.7. The molecule has 1 amide bonds. The number of hydrogen-bond donors (Lipinski definition) is 0. The number of esters is 1. The van der Waals surface area contributed by atoms with Gasteiger partial charge < -0.3 is 9.64 Å². The van der Waals surface area contributed by atoms with Gasteiger partial charge in [0.2, 0.25) is 0 Å². The molecule has 2 aromatic rings. The second kappa shape index (κ2) is 8.06. The van der Waals surface area contributed by atoms with E-state index in [-0.39, 0.29) is 23.1 Å². The van der Waals surface area contributed by atoms with E-state index in [1.54, 1.807) is 25.1 Å². The molecular weight excluding hydrogens is 394 g/mol. The second-order valence-electron chi connectivity index (χ2n) is 7.33. The van der Waals surface area contributed by atoms with E-state index in [1.165, 1.54) is 11.8 Å². The number of ether oxygens (including phenoxy) is 1. The van der Waals surface area contributed by atoms with Gasteiger partial charge in [0.1, 0.15) is 0 Å². The van der Waals surface area contributed by atoms with E-state index in [1.807, 2.05) is 13.8 Å². The lowest BCUT2D eigenvalue weighted by Gasteiger charge is -2.29. The van der Waals surface area contributed by atoms with Crippen molar-refractivity contribution < 1.29 is 22.7 Å². The van der Waals surface area contributed by atoms with Crippen LogP contribution in [0.4, 0.5) is 0 Å². The molecule has 3 rings (SSSR count). The number of fused-ring (bicyclic) bond motifs is 1. The highest BCUT2D eigenvalue weighted by Gasteiger charge is 2.36. The molecule has 1 aromatic heterocycles. The van der Waals surface area contributed by atoms with Crippen LogP contribution < -0.4 is 0 Å². The minimum absolute atomic E-state index is 0.0463. The lowest BCUT2D eigenvalue weighted by Crippen LogP contribution is -2.46. The molecule has 1 aliphatic rings. The Morgan fingerprint density at radius 1 is 1.21 bits per heavy atom. The predicted octanol–water partition coefficient (Wildman–Crippen LogP) is 1.83. The monoisotopic (exact) mass is 419 g/mol. The molecule has 1 fully saturated rings. The van der Waals surface area contributed by atoms with Crippen molar-refractivity contribution in [3.63, 3.8) is 0 Å². The van der Waals surface area contributed by atoms with E-state index >= 15 is 0 Å². The summed E-state index contributed by atoms with van der Waals surface area (Å²) in [6.07, 6.45) is -0.614. The summed E-state index contributed by atoms with van der Waals surface area (Å²) in [5.74, 6) is -1.000. The lowest BCUT2D eigenvalue weighted by atomic mass is 10.1. The molecule has 0 bridgehead atoms. The number of rotatable bonds is 5. The summed E-state index contributed by atoms with van der Waals surface area (Å²) >= 11 is 0. The van der Waals surface area contributed by atoms with E-state index in [0.29, 0.717) is 24.0 Å². The fourth-order valence-corrected chi connectivity index (χ4v) is 5.22. The van der Waals surface area contributed by atoms with Crippen LogP contribution in [0.5, 0.6) is 0 Å². The van der Waals surface area contributed by atoms with Gasteiger partial charge in [0.05, 0.1) is 39.5 Å². The zero-order valence-electron chi connectivity index (χ0n) is 17.0. The fraction of sp³-hybridized carbons (Fsp3) is 0.500. The van der Waals surface area contributed by atoms with Crippen LogP contribution >= 0.6 is 0 Å². The largest absolute Gasteiger partial charge is 0.449 e. The number of aryl methyl sites for hydroxylation is 2. The van der Waals surface area contributed by atoms with E-state index in [9.17, 15) is 18.0 Å².